The molecule has 10 heteroatoms. The van der Waals surface area contributed by atoms with E-state index < -0.39 is 0 Å². The van der Waals surface area contributed by atoms with Crippen LogP contribution in [0.5, 0.6) is 5.75 Å². The quantitative estimate of drug-likeness (QED) is 0.188. The third-order valence-electron chi connectivity index (χ3n) is 5.22. The number of morpholine rings is 1. The first-order valence-corrected chi connectivity index (χ1v) is 11.0. The van der Waals surface area contributed by atoms with Crippen molar-refractivity contribution in [2.45, 2.75) is 25.7 Å². The molecule has 0 amide bonds. The number of rotatable bonds is 11. The van der Waals surface area contributed by atoms with Crippen LogP contribution in [0.15, 0.2) is 33.8 Å². The molecule has 0 radical (unpaired) electrons. The standard InChI is InChI=1S/C22H34N6O3.HI/c1-23-22(25-12-13-28-14-16-30-17-15-28)24-11-5-3-4-6-20-26-21(27-31-20)18-7-9-19(29-2)10-8-18;/h7-10H,3-6,11-17H2,1-2H3,(H2,23,24,25);1H. The van der Waals surface area contributed by atoms with Gasteiger partial charge < -0.3 is 24.6 Å². The summed E-state index contributed by atoms with van der Waals surface area (Å²) >= 11 is 0. The van der Waals surface area contributed by atoms with Crippen LogP contribution in [0, 0.1) is 0 Å². The van der Waals surface area contributed by atoms with Gasteiger partial charge in [0.2, 0.25) is 11.7 Å². The fourth-order valence-electron chi connectivity index (χ4n) is 3.38. The maximum absolute atomic E-state index is 5.38. The van der Waals surface area contributed by atoms with Crippen molar-refractivity contribution in [3.8, 4) is 17.1 Å². The molecular weight excluding hydrogens is 523 g/mol. The second-order valence-corrected chi connectivity index (χ2v) is 7.43. The van der Waals surface area contributed by atoms with Gasteiger partial charge in [0.05, 0.1) is 20.3 Å². The number of hydrogen-bond donors (Lipinski definition) is 2. The molecule has 32 heavy (non-hydrogen) atoms. The maximum Gasteiger partial charge on any atom is 0.226 e. The van der Waals surface area contributed by atoms with E-state index in [1.165, 1.54) is 0 Å². The van der Waals surface area contributed by atoms with Gasteiger partial charge in [-0.25, -0.2) is 0 Å². The van der Waals surface area contributed by atoms with E-state index in [-0.39, 0.29) is 24.0 Å². The summed E-state index contributed by atoms with van der Waals surface area (Å²) in [4.78, 5) is 11.2. The van der Waals surface area contributed by atoms with Crippen LogP contribution < -0.4 is 15.4 Å². The Morgan fingerprint density at radius 3 is 2.56 bits per heavy atom. The van der Waals surface area contributed by atoms with Gasteiger partial charge in [-0.1, -0.05) is 11.6 Å². The van der Waals surface area contributed by atoms with E-state index in [1.807, 2.05) is 24.3 Å². The van der Waals surface area contributed by atoms with Crippen molar-refractivity contribution >= 4 is 29.9 Å². The van der Waals surface area contributed by atoms with Gasteiger partial charge in [0, 0.05) is 51.8 Å². The van der Waals surface area contributed by atoms with Gasteiger partial charge in [0.15, 0.2) is 5.96 Å². The molecule has 0 spiro atoms. The maximum atomic E-state index is 5.38. The van der Waals surface area contributed by atoms with Crippen molar-refractivity contribution in [3.63, 3.8) is 0 Å². The third-order valence-corrected chi connectivity index (χ3v) is 5.22. The Hall–Kier alpha value is -1.92. The molecule has 9 nitrogen and oxygen atoms in total. The van der Waals surface area contributed by atoms with Gasteiger partial charge in [0.25, 0.3) is 0 Å². The highest BCUT2D eigenvalue weighted by Crippen LogP contribution is 2.20. The fourth-order valence-corrected chi connectivity index (χ4v) is 3.38. The Balaban J connectivity index is 0.00000363. The highest BCUT2D eigenvalue weighted by Gasteiger charge is 2.10. The largest absolute Gasteiger partial charge is 0.497 e. The lowest BCUT2D eigenvalue weighted by atomic mass is 10.2. The van der Waals surface area contributed by atoms with Crippen molar-refractivity contribution in [2.75, 3.05) is 60.1 Å². The van der Waals surface area contributed by atoms with Crippen LogP contribution in [-0.2, 0) is 11.2 Å². The first-order valence-electron chi connectivity index (χ1n) is 11.0. The Kier molecular flexibility index (Phi) is 12.4. The molecule has 1 aromatic carbocycles. The van der Waals surface area contributed by atoms with Crippen molar-refractivity contribution in [3.05, 3.63) is 30.2 Å². The molecule has 1 fully saturated rings. The molecule has 1 aliphatic heterocycles. The summed E-state index contributed by atoms with van der Waals surface area (Å²) in [6.45, 7) is 6.46. The van der Waals surface area contributed by atoms with Crippen LogP contribution in [0.2, 0.25) is 0 Å². The van der Waals surface area contributed by atoms with E-state index >= 15 is 0 Å². The number of aromatic nitrogens is 2. The van der Waals surface area contributed by atoms with E-state index in [0.717, 1.165) is 88.9 Å². The molecular formula is C22H35IN6O3. The average molecular weight is 558 g/mol. The summed E-state index contributed by atoms with van der Waals surface area (Å²) in [6, 6.07) is 7.65. The summed E-state index contributed by atoms with van der Waals surface area (Å²) in [5, 5.41) is 10.8. The van der Waals surface area contributed by atoms with Crippen LogP contribution >= 0.6 is 24.0 Å². The Bertz CT molecular complexity index is 793. The molecule has 0 saturated carbocycles. The first kappa shape index (κ1) is 26.3. The first-order chi connectivity index (χ1) is 15.3. The lowest BCUT2D eigenvalue weighted by molar-refractivity contribution is 0.0389. The number of aliphatic imine (C=N–C) groups is 1. The second-order valence-electron chi connectivity index (χ2n) is 7.43. The fraction of sp³-hybridized carbons (Fsp3) is 0.591. The number of unbranched alkanes of at least 4 members (excludes halogenated alkanes) is 2. The van der Waals surface area contributed by atoms with Crippen LogP contribution in [0.4, 0.5) is 0 Å². The summed E-state index contributed by atoms with van der Waals surface area (Å²) in [6.07, 6.45) is 3.94. The number of nitrogens with zero attached hydrogens (tertiary/aromatic N) is 4. The minimum atomic E-state index is 0. The molecule has 0 atom stereocenters. The molecule has 1 saturated heterocycles. The number of aryl methyl sites for hydroxylation is 1. The molecule has 0 bridgehead atoms. The highest BCUT2D eigenvalue weighted by atomic mass is 127. The van der Waals surface area contributed by atoms with Gasteiger partial charge in [-0.2, -0.15) is 4.98 Å². The monoisotopic (exact) mass is 558 g/mol. The molecule has 0 unspecified atom stereocenters. The SMILES string of the molecule is CN=C(NCCCCCc1nc(-c2ccc(OC)cc2)no1)NCCN1CCOCC1.I. The minimum Gasteiger partial charge on any atom is -0.497 e. The molecule has 1 aromatic heterocycles. The van der Waals surface area contributed by atoms with E-state index in [0.29, 0.717) is 11.7 Å². The van der Waals surface area contributed by atoms with Gasteiger partial charge in [0.1, 0.15) is 5.75 Å². The number of halogens is 1. The number of guanidine groups is 1. The zero-order valence-corrected chi connectivity index (χ0v) is 21.3. The number of methoxy groups -OCH3 is 1. The summed E-state index contributed by atoms with van der Waals surface area (Å²) in [7, 11) is 3.45. The van der Waals surface area contributed by atoms with E-state index in [4.69, 9.17) is 14.0 Å². The molecule has 3 rings (SSSR count). The number of nitrogens with one attached hydrogen (secondary N) is 2. The molecule has 178 valence electrons. The molecule has 2 aromatic rings. The van der Waals surface area contributed by atoms with Gasteiger partial charge in [-0.05, 0) is 37.1 Å². The summed E-state index contributed by atoms with van der Waals surface area (Å²) in [5.74, 6) is 2.96. The van der Waals surface area contributed by atoms with E-state index in [9.17, 15) is 0 Å². The Morgan fingerprint density at radius 1 is 1.09 bits per heavy atom. The zero-order chi connectivity index (χ0) is 21.7. The van der Waals surface area contributed by atoms with Crippen LogP contribution in [0.25, 0.3) is 11.4 Å². The molecule has 0 aliphatic carbocycles. The predicted octanol–water partition coefficient (Wildman–Crippen LogP) is 2.57. The van der Waals surface area contributed by atoms with Gasteiger partial charge in [-0.15, -0.1) is 24.0 Å². The smallest absolute Gasteiger partial charge is 0.226 e. The Labute approximate surface area is 207 Å². The van der Waals surface area contributed by atoms with Crippen molar-refractivity contribution < 1.29 is 14.0 Å². The molecule has 1 aliphatic rings. The normalized spacial score (nSPS) is 14.6. The lowest BCUT2D eigenvalue weighted by Gasteiger charge is -2.26. The van der Waals surface area contributed by atoms with Crippen LogP contribution in [-0.4, -0.2) is 81.1 Å². The minimum absolute atomic E-state index is 0. The molecule has 2 heterocycles. The average Bonchev–Trinajstić information content (AvgIpc) is 3.29. The third kappa shape index (κ3) is 8.91. The van der Waals surface area contributed by atoms with E-state index in [2.05, 4.69) is 30.7 Å². The van der Waals surface area contributed by atoms with E-state index in [1.54, 1.807) is 14.2 Å². The predicted molar refractivity (Wildman–Crippen MR) is 136 cm³/mol. The van der Waals surface area contributed by atoms with Gasteiger partial charge in [-0.3, -0.25) is 9.89 Å². The van der Waals surface area contributed by atoms with Gasteiger partial charge >= 0.3 is 0 Å². The topological polar surface area (TPSA) is 97.0 Å². The highest BCUT2D eigenvalue weighted by molar-refractivity contribution is 14.0. The number of hydrogen-bond acceptors (Lipinski definition) is 7. The summed E-state index contributed by atoms with van der Waals surface area (Å²) in [5.41, 5.74) is 0.924. The second kappa shape index (κ2) is 15.0. The number of benzene rings is 1. The Morgan fingerprint density at radius 2 is 1.84 bits per heavy atom. The molecule has 2 N–H and O–H groups in total. The van der Waals surface area contributed by atoms with Crippen molar-refractivity contribution in [2.24, 2.45) is 4.99 Å². The zero-order valence-electron chi connectivity index (χ0n) is 19.0. The van der Waals surface area contributed by atoms with Crippen molar-refractivity contribution in [1.29, 1.82) is 0 Å². The van der Waals surface area contributed by atoms with Crippen LogP contribution in [0.3, 0.4) is 0 Å². The number of ether oxygens (including phenoxy) is 2. The lowest BCUT2D eigenvalue weighted by Crippen LogP contribution is -2.44. The van der Waals surface area contributed by atoms with Crippen LogP contribution in [0.1, 0.15) is 25.2 Å². The van der Waals surface area contributed by atoms with Crippen molar-refractivity contribution in [1.82, 2.24) is 25.7 Å². The summed E-state index contributed by atoms with van der Waals surface area (Å²) < 4.78 is 15.9.